The number of anilines is 2. The molecule has 0 bridgehead atoms. The van der Waals surface area contributed by atoms with E-state index in [2.05, 4.69) is 20.0 Å². The van der Waals surface area contributed by atoms with E-state index in [0.29, 0.717) is 31.9 Å². The van der Waals surface area contributed by atoms with Crippen LogP contribution in [0, 0.1) is 0 Å². The Morgan fingerprint density at radius 1 is 1.08 bits per heavy atom. The summed E-state index contributed by atoms with van der Waals surface area (Å²) < 4.78 is 40.2. The second kappa shape index (κ2) is 7.46. The number of piperazine rings is 1. The first-order chi connectivity index (χ1) is 12.4. The Morgan fingerprint density at radius 2 is 1.77 bits per heavy atom. The molecule has 0 saturated carbocycles. The lowest BCUT2D eigenvalue weighted by molar-refractivity contribution is -0.274. The van der Waals surface area contributed by atoms with Crippen molar-refractivity contribution in [1.29, 1.82) is 0 Å². The first-order valence-corrected chi connectivity index (χ1v) is 7.83. The minimum absolute atomic E-state index is 0.312. The highest BCUT2D eigenvalue weighted by molar-refractivity contribution is 5.89. The van der Waals surface area contributed by atoms with E-state index >= 15 is 0 Å². The molecule has 1 aliphatic rings. The Hall–Kier alpha value is -3.04. The average molecular weight is 367 g/mol. The van der Waals surface area contributed by atoms with Gasteiger partial charge in [-0.25, -0.2) is 9.78 Å². The van der Waals surface area contributed by atoms with E-state index in [1.165, 1.54) is 12.1 Å². The molecule has 1 saturated heterocycles. The van der Waals surface area contributed by atoms with Crippen LogP contribution in [0.15, 0.2) is 42.9 Å². The number of nitrogens with zero attached hydrogens (tertiary/aromatic N) is 4. The quantitative estimate of drug-likeness (QED) is 0.903. The maximum atomic E-state index is 12.3. The third kappa shape index (κ3) is 4.74. The van der Waals surface area contributed by atoms with Gasteiger partial charge in [0, 0.05) is 44.3 Å². The predicted molar refractivity (Wildman–Crippen MR) is 88.0 cm³/mol. The number of hydrogen-bond donors (Lipinski definition) is 1. The van der Waals surface area contributed by atoms with Gasteiger partial charge in [-0.1, -0.05) is 0 Å². The van der Waals surface area contributed by atoms with E-state index in [4.69, 9.17) is 0 Å². The van der Waals surface area contributed by atoms with Gasteiger partial charge in [0.1, 0.15) is 11.6 Å². The van der Waals surface area contributed by atoms with Crippen molar-refractivity contribution in [3.05, 3.63) is 42.9 Å². The molecule has 138 valence electrons. The van der Waals surface area contributed by atoms with Crippen molar-refractivity contribution in [2.45, 2.75) is 6.36 Å². The zero-order valence-corrected chi connectivity index (χ0v) is 13.6. The molecule has 2 amide bonds. The number of carbonyl (C=O) groups excluding carboxylic acids is 1. The monoisotopic (exact) mass is 367 g/mol. The summed E-state index contributed by atoms with van der Waals surface area (Å²) in [4.78, 5) is 24.2. The average Bonchev–Trinajstić information content (AvgIpc) is 2.63. The summed E-state index contributed by atoms with van der Waals surface area (Å²) >= 11 is 0. The standard InChI is InChI=1S/C16H16F3N5O2/c17-16(18,19)26-13-3-1-12(2-4-13)22-15(25)24-9-7-23(8-10-24)14-11-20-5-6-21-14/h1-6,11H,7-10H2,(H,22,25). The summed E-state index contributed by atoms with van der Waals surface area (Å²) in [6.45, 7) is 2.23. The van der Waals surface area contributed by atoms with Crippen LogP contribution in [0.3, 0.4) is 0 Å². The SMILES string of the molecule is O=C(Nc1ccc(OC(F)(F)F)cc1)N1CCN(c2cnccn2)CC1. The second-order valence-electron chi connectivity index (χ2n) is 5.54. The topological polar surface area (TPSA) is 70.6 Å². The molecule has 1 N–H and O–H groups in total. The smallest absolute Gasteiger partial charge is 0.406 e. The van der Waals surface area contributed by atoms with Crippen LogP contribution in [-0.2, 0) is 0 Å². The van der Waals surface area contributed by atoms with Crippen LogP contribution in [0.1, 0.15) is 0 Å². The summed E-state index contributed by atoms with van der Waals surface area (Å²) in [6.07, 6.45) is 0.132. The van der Waals surface area contributed by atoms with Crippen LogP contribution < -0.4 is 15.0 Å². The Kier molecular flexibility index (Phi) is 5.10. The van der Waals surface area contributed by atoms with Gasteiger partial charge >= 0.3 is 12.4 Å². The Morgan fingerprint density at radius 3 is 2.35 bits per heavy atom. The zero-order valence-electron chi connectivity index (χ0n) is 13.6. The molecular formula is C16H16F3N5O2. The Bertz CT molecular complexity index is 732. The molecule has 3 rings (SSSR count). The van der Waals surface area contributed by atoms with Gasteiger partial charge in [-0.3, -0.25) is 4.98 Å². The number of rotatable bonds is 3. The Balaban J connectivity index is 1.51. The van der Waals surface area contributed by atoms with Crippen LogP contribution >= 0.6 is 0 Å². The molecule has 2 aromatic rings. The number of nitrogens with one attached hydrogen (secondary N) is 1. The van der Waals surface area contributed by atoms with Crippen LogP contribution in [0.25, 0.3) is 0 Å². The number of alkyl halides is 3. The fourth-order valence-corrected chi connectivity index (χ4v) is 2.54. The van der Waals surface area contributed by atoms with Crippen molar-refractivity contribution in [2.24, 2.45) is 0 Å². The van der Waals surface area contributed by atoms with E-state index in [9.17, 15) is 18.0 Å². The van der Waals surface area contributed by atoms with Gasteiger partial charge < -0.3 is 19.9 Å². The number of carbonyl (C=O) groups is 1. The third-order valence-electron chi connectivity index (χ3n) is 3.78. The lowest BCUT2D eigenvalue weighted by atomic mass is 10.3. The molecule has 26 heavy (non-hydrogen) atoms. The number of benzene rings is 1. The van der Waals surface area contributed by atoms with E-state index in [0.717, 1.165) is 18.0 Å². The molecule has 1 aromatic carbocycles. The molecule has 1 fully saturated rings. The molecule has 0 radical (unpaired) electrons. The second-order valence-corrected chi connectivity index (χ2v) is 5.54. The number of urea groups is 1. The molecule has 0 spiro atoms. The molecule has 0 atom stereocenters. The van der Waals surface area contributed by atoms with Gasteiger partial charge in [-0.2, -0.15) is 0 Å². The Labute approximate surface area is 147 Å². The van der Waals surface area contributed by atoms with Crippen molar-refractivity contribution in [3.63, 3.8) is 0 Å². The number of hydrogen-bond acceptors (Lipinski definition) is 5. The fourth-order valence-electron chi connectivity index (χ4n) is 2.54. The van der Waals surface area contributed by atoms with Crippen LogP contribution in [-0.4, -0.2) is 53.4 Å². The van der Waals surface area contributed by atoms with Gasteiger partial charge in [0.2, 0.25) is 0 Å². The van der Waals surface area contributed by atoms with Gasteiger partial charge in [-0.15, -0.1) is 13.2 Å². The largest absolute Gasteiger partial charge is 0.573 e. The summed E-state index contributed by atoms with van der Waals surface area (Å²) in [6, 6.07) is 4.70. The summed E-state index contributed by atoms with van der Waals surface area (Å²) in [7, 11) is 0. The summed E-state index contributed by atoms with van der Waals surface area (Å²) in [5.41, 5.74) is 0.390. The van der Waals surface area contributed by atoms with Crippen LogP contribution in [0.4, 0.5) is 29.5 Å². The lowest BCUT2D eigenvalue weighted by Crippen LogP contribution is -2.50. The summed E-state index contributed by atoms with van der Waals surface area (Å²) in [5.74, 6) is 0.417. The fraction of sp³-hybridized carbons (Fsp3) is 0.312. The van der Waals surface area contributed by atoms with Gasteiger partial charge in [0.25, 0.3) is 0 Å². The normalized spacial score (nSPS) is 14.9. The molecule has 7 nitrogen and oxygen atoms in total. The van der Waals surface area contributed by atoms with Crippen LogP contribution in [0.2, 0.25) is 0 Å². The molecule has 0 aliphatic carbocycles. The van der Waals surface area contributed by atoms with Crippen molar-refractivity contribution in [1.82, 2.24) is 14.9 Å². The predicted octanol–water partition coefficient (Wildman–Crippen LogP) is 2.73. The highest BCUT2D eigenvalue weighted by Crippen LogP contribution is 2.24. The minimum Gasteiger partial charge on any atom is -0.406 e. The molecule has 1 aliphatic heterocycles. The minimum atomic E-state index is -4.74. The number of halogens is 3. The first kappa shape index (κ1) is 17.8. The first-order valence-electron chi connectivity index (χ1n) is 7.83. The molecular weight excluding hydrogens is 351 g/mol. The van der Waals surface area contributed by atoms with E-state index < -0.39 is 6.36 Å². The highest BCUT2D eigenvalue weighted by atomic mass is 19.4. The number of ether oxygens (including phenoxy) is 1. The third-order valence-corrected chi connectivity index (χ3v) is 3.78. The van der Waals surface area contributed by atoms with Gasteiger partial charge in [0.15, 0.2) is 0 Å². The van der Waals surface area contributed by atoms with Crippen molar-refractivity contribution >= 4 is 17.5 Å². The van der Waals surface area contributed by atoms with Crippen LogP contribution in [0.5, 0.6) is 5.75 Å². The van der Waals surface area contributed by atoms with Crippen molar-refractivity contribution in [3.8, 4) is 5.75 Å². The van der Waals surface area contributed by atoms with Crippen molar-refractivity contribution in [2.75, 3.05) is 36.4 Å². The maximum absolute atomic E-state index is 12.3. The maximum Gasteiger partial charge on any atom is 0.573 e. The van der Waals surface area contributed by atoms with Gasteiger partial charge in [-0.05, 0) is 24.3 Å². The number of aromatic nitrogens is 2. The zero-order chi connectivity index (χ0) is 18.6. The molecule has 1 aromatic heterocycles. The highest BCUT2D eigenvalue weighted by Gasteiger charge is 2.31. The molecule has 2 heterocycles. The van der Waals surface area contributed by atoms with Gasteiger partial charge in [0.05, 0.1) is 6.20 Å². The summed E-state index contributed by atoms with van der Waals surface area (Å²) in [5, 5.41) is 2.66. The van der Waals surface area contributed by atoms with E-state index in [1.807, 2.05) is 4.90 Å². The lowest BCUT2D eigenvalue weighted by Gasteiger charge is -2.35. The van der Waals surface area contributed by atoms with E-state index in [-0.39, 0.29) is 11.8 Å². The van der Waals surface area contributed by atoms with Crippen molar-refractivity contribution < 1.29 is 22.7 Å². The number of amides is 2. The molecule has 0 unspecified atom stereocenters. The molecule has 10 heteroatoms. The van der Waals surface area contributed by atoms with E-state index in [1.54, 1.807) is 23.5 Å².